The Morgan fingerprint density at radius 2 is 0.632 bits per heavy atom. The lowest BCUT2D eigenvalue weighted by Gasteiger charge is -2.29. The van der Waals surface area contributed by atoms with Gasteiger partial charge in [-0.3, -0.25) is 0 Å². The van der Waals surface area contributed by atoms with Crippen LogP contribution in [0.4, 0.5) is 17.1 Å². The maximum absolute atomic E-state index is 2.44. The molecule has 12 rings (SSSR count). The molecule has 2 heteroatoms. The van der Waals surface area contributed by atoms with E-state index >= 15 is 0 Å². The summed E-state index contributed by atoms with van der Waals surface area (Å²) in [6.45, 7) is 0. The maximum Gasteiger partial charge on any atom is 0.0561 e. The van der Waals surface area contributed by atoms with Gasteiger partial charge in [0, 0.05) is 33.5 Å². The Hall–Kier alpha value is -8.98. The van der Waals surface area contributed by atoms with Crippen molar-refractivity contribution >= 4 is 38.9 Å². The molecule has 0 atom stereocenters. The SMILES string of the molecule is c1ccc(-c2ccccc2-c2ccccc2-c2ccc(N(c3cc(-c4ccccc4)c(-c4ccccc4)c(-c4ccccc4)c3)c3ccc4c5ccccc5n(-c5ccccc5)c4c3)cc2)cc1. The van der Waals surface area contributed by atoms with Crippen molar-refractivity contribution in [3.05, 3.63) is 279 Å². The van der Waals surface area contributed by atoms with Crippen molar-refractivity contribution in [2.45, 2.75) is 0 Å². The Morgan fingerprint density at radius 1 is 0.235 bits per heavy atom. The van der Waals surface area contributed by atoms with E-state index in [1.165, 1.54) is 66.4 Å². The largest absolute Gasteiger partial charge is 0.310 e. The smallest absolute Gasteiger partial charge is 0.0561 e. The van der Waals surface area contributed by atoms with Gasteiger partial charge in [-0.2, -0.15) is 0 Å². The minimum Gasteiger partial charge on any atom is -0.310 e. The van der Waals surface area contributed by atoms with Gasteiger partial charge < -0.3 is 9.47 Å². The molecule has 2 nitrogen and oxygen atoms in total. The van der Waals surface area contributed by atoms with Gasteiger partial charge in [-0.15, -0.1) is 0 Å². The van der Waals surface area contributed by atoms with Gasteiger partial charge >= 0.3 is 0 Å². The fraction of sp³-hybridized carbons (Fsp3) is 0. The predicted octanol–water partition coefficient (Wildman–Crippen LogP) is 18.3. The van der Waals surface area contributed by atoms with Gasteiger partial charge in [0.2, 0.25) is 0 Å². The Kier molecular flexibility index (Phi) is 10.6. The lowest BCUT2D eigenvalue weighted by Crippen LogP contribution is -2.11. The number of fused-ring (bicyclic) bond motifs is 3. The third-order valence-electron chi connectivity index (χ3n) is 13.2. The average Bonchev–Trinajstić information content (AvgIpc) is 3.76. The summed E-state index contributed by atoms with van der Waals surface area (Å²) in [7, 11) is 0. The molecule has 0 fully saturated rings. The second kappa shape index (κ2) is 17.8. The molecular weight excluding hydrogens is 821 g/mol. The topological polar surface area (TPSA) is 8.17 Å². The van der Waals surface area contributed by atoms with Gasteiger partial charge in [-0.05, 0) is 121 Å². The number of para-hydroxylation sites is 2. The van der Waals surface area contributed by atoms with E-state index in [4.69, 9.17) is 0 Å². The molecule has 0 aliphatic heterocycles. The highest BCUT2D eigenvalue weighted by Gasteiger charge is 2.23. The normalized spacial score (nSPS) is 11.2. The number of rotatable bonds is 10. The molecule has 1 aromatic heterocycles. The van der Waals surface area contributed by atoms with Crippen molar-refractivity contribution in [3.8, 4) is 72.4 Å². The van der Waals surface area contributed by atoms with Crippen molar-refractivity contribution in [1.29, 1.82) is 0 Å². The zero-order valence-electron chi connectivity index (χ0n) is 37.5. The Labute approximate surface area is 397 Å². The summed E-state index contributed by atoms with van der Waals surface area (Å²) in [6, 6.07) is 101. The second-order valence-electron chi connectivity index (χ2n) is 17.2. The molecule has 0 unspecified atom stereocenters. The van der Waals surface area contributed by atoms with Gasteiger partial charge in [0.15, 0.2) is 0 Å². The van der Waals surface area contributed by atoms with Crippen LogP contribution in [0.1, 0.15) is 0 Å². The van der Waals surface area contributed by atoms with E-state index in [1.54, 1.807) is 0 Å². The van der Waals surface area contributed by atoms with Crippen LogP contribution in [0.3, 0.4) is 0 Å². The molecule has 0 spiro atoms. The van der Waals surface area contributed by atoms with Crippen molar-refractivity contribution < 1.29 is 0 Å². The van der Waals surface area contributed by atoms with Gasteiger partial charge in [0.1, 0.15) is 0 Å². The number of benzene rings is 11. The number of nitrogens with zero attached hydrogens (tertiary/aromatic N) is 2. The molecule has 320 valence electrons. The zero-order chi connectivity index (χ0) is 45.2. The maximum atomic E-state index is 2.44. The van der Waals surface area contributed by atoms with Crippen LogP contribution in [-0.2, 0) is 0 Å². The van der Waals surface area contributed by atoms with Crippen LogP contribution in [0.5, 0.6) is 0 Å². The molecule has 11 aromatic carbocycles. The van der Waals surface area contributed by atoms with E-state index in [0.717, 1.165) is 45.0 Å². The molecule has 0 aliphatic rings. The van der Waals surface area contributed by atoms with E-state index in [9.17, 15) is 0 Å². The first-order valence-electron chi connectivity index (χ1n) is 23.3. The van der Waals surface area contributed by atoms with Crippen LogP contribution < -0.4 is 4.90 Å². The molecule has 68 heavy (non-hydrogen) atoms. The summed E-state index contributed by atoms with van der Waals surface area (Å²) >= 11 is 0. The molecule has 0 amide bonds. The van der Waals surface area contributed by atoms with Crippen LogP contribution in [0.15, 0.2) is 279 Å². The zero-order valence-corrected chi connectivity index (χ0v) is 37.5. The van der Waals surface area contributed by atoms with Crippen LogP contribution >= 0.6 is 0 Å². The number of anilines is 3. The van der Waals surface area contributed by atoms with E-state index < -0.39 is 0 Å². The molecular formula is C66H46N2. The lowest BCUT2D eigenvalue weighted by molar-refractivity contribution is 1.18. The van der Waals surface area contributed by atoms with Gasteiger partial charge in [-0.25, -0.2) is 0 Å². The summed E-state index contributed by atoms with van der Waals surface area (Å²) in [5, 5.41) is 2.44. The minimum absolute atomic E-state index is 1.06. The number of aromatic nitrogens is 1. The molecule has 0 aliphatic carbocycles. The summed E-state index contributed by atoms with van der Waals surface area (Å²) in [5.74, 6) is 0. The Morgan fingerprint density at radius 3 is 1.18 bits per heavy atom. The van der Waals surface area contributed by atoms with Crippen molar-refractivity contribution in [2.24, 2.45) is 0 Å². The van der Waals surface area contributed by atoms with Crippen molar-refractivity contribution in [3.63, 3.8) is 0 Å². The highest BCUT2D eigenvalue weighted by Crippen LogP contribution is 2.48. The molecule has 0 saturated heterocycles. The quantitative estimate of drug-likeness (QED) is 0.133. The Balaban J connectivity index is 1.10. The predicted molar refractivity (Wildman–Crippen MR) is 288 cm³/mol. The summed E-state index contributed by atoms with van der Waals surface area (Å²) in [5.41, 5.74) is 20.8. The Bertz CT molecular complexity index is 3630. The first-order chi connectivity index (χ1) is 33.8. The van der Waals surface area contributed by atoms with E-state index in [1.807, 2.05) is 0 Å². The first kappa shape index (κ1) is 40.5. The highest BCUT2D eigenvalue weighted by molar-refractivity contribution is 6.10. The average molecular weight is 867 g/mol. The number of hydrogen-bond donors (Lipinski definition) is 0. The van der Waals surface area contributed by atoms with Crippen LogP contribution in [0, 0.1) is 0 Å². The van der Waals surface area contributed by atoms with E-state index in [0.29, 0.717) is 0 Å². The monoisotopic (exact) mass is 866 g/mol. The van der Waals surface area contributed by atoms with Gasteiger partial charge in [0.25, 0.3) is 0 Å². The first-order valence-corrected chi connectivity index (χ1v) is 23.3. The minimum atomic E-state index is 1.06. The molecule has 0 radical (unpaired) electrons. The van der Waals surface area contributed by atoms with Crippen molar-refractivity contribution in [2.75, 3.05) is 4.90 Å². The van der Waals surface area contributed by atoms with Crippen LogP contribution in [0.25, 0.3) is 94.3 Å². The molecule has 0 saturated carbocycles. The van der Waals surface area contributed by atoms with E-state index in [-0.39, 0.29) is 0 Å². The lowest BCUT2D eigenvalue weighted by atomic mass is 9.86. The third kappa shape index (κ3) is 7.45. The van der Waals surface area contributed by atoms with Crippen LogP contribution in [-0.4, -0.2) is 4.57 Å². The van der Waals surface area contributed by atoms with Crippen molar-refractivity contribution in [1.82, 2.24) is 4.57 Å². The molecule has 0 N–H and O–H groups in total. The highest BCUT2D eigenvalue weighted by atomic mass is 15.1. The molecule has 0 bridgehead atoms. The number of hydrogen-bond acceptors (Lipinski definition) is 1. The fourth-order valence-electron chi connectivity index (χ4n) is 10.1. The summed E-state index contributed by atoms with van der Waals surface area (Å²) in [4.78, 5) is 2.44. The fourth-order valence-corrected chi connectivity index (χ4v) is 10.1. The van der Waals surface area contributed by atoms with Gasteiger partial charge in [-0.1, -0.05) is 224 Å². The molecule has 1 heterocycles. The second-order valence-corrected chi connectivity index (χ2v) is 17.2. The van der Waals surface area contributed by atoms with E-state index in [2.05, 4.69) is 289 Å². The summed E-state index contributed by atoms with van der Waals surface area (Å²) in [6.07, 6.45) is 0. The van der Waals surface area contributed by atoms with Gasteiger partial charge in [0.05, 0.1) is 11.0 Å². The summed E-state index contributed by atoms with van der Waals surface area (Å²) < 4.78 is 2.41. The third-order valence-corrected chi connectivity index (χ3v) is 13.2. The van der Waals surface area contributed by atoms with Crippen LogP contribution in [0.2, 0.25) is 0 Å². The standard InChI is InChI=1S/C66H46N2/c1-6-22-47(23-7-1)56-32-16-18-34-58(56)59-35-19-17-33-57(59)50-38-40-53(41-39-50)67(54-42-43-61-60-36-20-21-37-64(60)68(65(61)46-54)52-30-14-5-15-31-52)55-44-62(48-24-8-2-9-25-48)66(51-28-12-4-13-29-51)63(45-55)49-26-10-3-11-27-49/h1-46H. The molecule has 12 aromatic rings.